The van der Waals surface area contributed by atoms with Crippen LogP contribution >= 0.6 is 0 Å². The molecule has 0 N–H and O–H groups in total. The number of ether oxygens (including phenoxy) is 1. The van der Waals surface area contributed by atoms with Gasteiger partial charge in [0.1, 0.15) is 30.4 Å². The van der Waals surface area contributed by atoms with Gasteiger partial charge in [0.25, 0.3) is 5.91 Å². The normalized spacial score (nSPS) is 13.7. The molecule has 0 spiro atoms. The van der Waals surface area contributed by atoms with E-state index in [-0.39, 0.29) is 12.2 Å². The number of fused-ring (bicyclic) bond motifs is 1. The highest BCUT2D eigenvalue weighted by molar-refractivity contribution is 5.94. The maximum absolute atomic E-state index is 13.4. The molecular formula is C18H16F2N6O2. The third kappa shape index (κ3) is 3.80. The van der Waals surface area contributed by atoms with E-state index in [2.05, 4.69) is 20.2 Å². The lowest BCUT2D eigenvalue weighted by Crippen LogP contribution is -2.34. The zero-order valence-corrected chi connectivity index (χ0v) is 14.8. The molecule has 0 saturated carbocycles. The molecule has 3 heterocycles. The molecule has 4 rings (SSSR count). The average molecular weight is 386 g/mol. The topological polar surface area (TPSA) is 86.0 Å². The fourth-order valence-corrected chi connectivity index (χ4v) is 3.06. The van der Waals surface area contributed by atoms with Crippen molar-refractivity contribution in [2.75, 3.05) is 13.1 Å². The molecular weight excluding hydrogens is 370 g/mol. The second-order valence-corrected chi connectivity index (χ2v) is 6.25. The van der Waals surface area contributed by atoms with Crippen molar-refractivity contribution in [3.8, 4) is 5.75 Å². The van der Waals surface area contributed by atoms with E-state index in [4.69, 9.17) is 4.74 Å². The Kier molecular flexibility index (Phi) is 4.92. The first-order chi connectivity index (χ1) is 13.6. The first kappa shape index (κ1) is 18.0. The summed E-state index contributed by atoms with van der Waals surface area (Å²) in [5.41, 5.74) is -0.0113. The van der Waals surface area contributed by atoms with Crippen molar-refractivity contribution in [2.24, 2.45) is 0 Å². The van der Waals surface area contributed by atoms with E-state index in [1.807, 2.05) is 4.57 Å². The van der Waals surface area contributed by atoms with Crippen LogP contribution in [0.1, 0.15) is 22.0 Å². The Balaban J connectivity index is 1.45. The second kappa shape index (κ2) is 7.67. The lowest BCUT2D eigenvalue weighted by molar-refractivity contribution is 0.0757. The highest BCUT2D eigenvalue weighted by Crippen LogP contribution is 2.16. The van der Waals surface area contributed by atoms with Gasteiger partial charge in [0.15, 0.2) is 11.6 Å². The van der Waals surface area contributed by atoms with Gasteiger partial charge in [0, 0.05) is 37.7 Å². The number of nitrogens with zero attached hydrogens (tertiary/aromatic N) is 6. The largest absolute Gasteiger partial charge is 0.482 e. The van der Waals surface area contributed by atoms with Gasteiger partial charge in [-0.2, -0.15) is 0 Å². The van der Waals surface area contributed by atoms with Crippen molar-refractivity contribution in [3.05, 3.63) is 65.8 Å². The Morgan fingerprint density at radius 1 is 1.04 bits per heavy atom. The summed E-state index contributed by atoms with van der Waals surface area (Å²) in [6.45, 7) is 1.38. The molecule has 1 aliphatic rings. The third-order valence-corrected chi connectivity index (χ3v) is 4.40. The van der Waals surface area contributed by atoms with Crippen LogP contribution in [0.4, 0.5) is 8.78 Å². The third-order valence-electron chi connectivity index (χ3n) is 4.40. The molecule has 144 valence electrons. The van der Waals surface area contributed by atoms with Crippen molar-refractivity contribution in [3.63, 3.8) is 0 Å². The molecule has 0 bridgehead atoms. The van der Waals surface area contributed by atoms with Gasteiger partial charge in [0.2, 0.25) is 0 Å². The monoisotopic (exact) mass is 386 g/mol. The SMILES string of the molecule is O=C(c1cc(F)cc(F)c1)N1CCc2nnc(COc3cncnc3)n2CC1. The predicted molar refractivity (Wildman–Crippen MR) is 92.4 cm³/mol. The molecule has 0 radical (unpaired) electrons. The van der Waals surface area contributed by atoms with Crippen LogP contribution < -0.4 is 4.74 Å². The van der Waals surface area contributed by atoms with Crippen LogP contribution in [0.15, 0.2) is 36.9 Å². The molecule has 0 saturated heterocycles. The van der Waals surface area contributed by atoms with Gasteiger partial charge in [-0.05, 0) is 12.1 Å². The lowest BCUT2D eigenvalue weighted by atomic mass is 10.2. The van der Waals surface area contributed by atoms with Gasteiger partial charge in [0.05, 0.1) is 12.4 Å². The molecule has 1 aliphatic heterocycles. The molecule has 28 heavy (non-hydrogen) atoms. The smallest absolute Gasteiger partial charge is 0.254 e. The zero-order chi connectivity index (χ0) is 19.5. The molecule has 0 fully saturated rings. The Morgan fingerprint density at radius 3 is 2.54 bits per heavy atom. The van der Waals surface area contributed by atoms with E-state index in [0.717, 1.165) is 24.0 Å². The number of carbonyl (C=O) groups is 1. The standard InChI is InChI=1S/C18H16F2N6O2/c19-13-5-12(6-14(20)7-13)18(27)25-2-1-16-23-24-17(26(16)4-3-25)10-28-15-8-21-11-22-9-15/h5-9,11H,1-4,10H2. The number of halogens is 2. The van der Waals surface area contributed by atoms with Crippen molar-refractivity contribution in [2.45, 2.75) is 19.6 Å². The minimum atomic E-state index is -0.778. The Labute approximate surface area is 158 Å². The van der Waals surface area contributed by atoms with Crippen LogP contribution in [0.5, 0.6) is 5.75 Å². The van der Waals surface area contributed by atoms with Crippen LogP contribution in [-0.2, 0) is 19.6 Å². The molecule has 0 aliphatic carbocycles. The molecule has 1 aromatic carbocycles. The number of rotatable bonds is 4. The second-order valence-electron chi connectivity index (χ2n) is 6.25. The van der Waals surface area contributed by atoms with Crippen molar-refractivity contribution in [1.29, 1.82) is 0 Å². The van der Waals surface area contributed by atoms with E-state index in [1.165, 1.54) is 6.33 Å². The molecule has 10 heteroatoms. The minimum absolute atomic E-state index is 0.0113. The zero-order valence-electron chi connectivity index (χ0n) is 14.8. The summed E-state index contributed by atoms with van der Waals surface area (Å²) in [5.74, 6) is -0.123. The van der Waals surface area contributed by atoms with Gasteiger partial charge >= 0.3 is 0 Å². The molecule has 3 aromatic rings. The van der Waals surface area contributed by atoms with E-state index >= 15 is 0 Å². The van der Waals surface area contributed by atoms with Crippen LogP contribution in [0.3, 0.4) is 0 Å². The lowest BCUT2D eigenvalue weighted by Gasteiger charge is -2.20. The summed E-state index contributed by atoms with van der Waals surface area (Å²) < 4.78 is 34.4. The molecule has 0 atom stereocenters. The number of aromatic nitrogens is 5. The molecule has 0 unspecified atom stereocenters. The Hall–Kier alpha value is -3.43. The first-order valence-corrected chi connectivity index (χ1v) is 8.64. The summed E-state index contributed by atoms with van der Waals surface area (Å²) >= 11 is 0. The Morgan fingerprint density at radius 2 is 1.79 bits per heavy atom. The fraction of sp³-hybridized carbons (Fsp3) is 0.278. The highest BCUT2D eigenvalue weighted by atomic mass is 19.1. The van der Waals surface area contributed by atoms with Crippen molar-refractivity contribution >= 4 is 5.91 Å². The maximum Gasteiger partial charge on any atom is 0.254 e. The van der Waals surface area contributed by atoms with Crippen LogP contribution in [0, 0.1) is 11.6 Å². The van der Waals surface area contributed by atoms with Crippen molar-refractivity contribution < 1.29 is 18.3 Å². The number of hydrogen-bond donors (Lipinski definition) is 0. The van der Waals surface area contributed by atoms with Crippen LogP contribution in [-0.4, -0.2) is 48.6 Å². The molecule has 8 nitrogen and oxygen atoms in total. The van der Waals surface area contributed by atoms with Crippen LogP contribution in [0.2, 0.25) is 0 Å². The summed E-state index contributed by atoms with van der Waals surface area (Å²) in [6, 6.07) is 2.82. The minimum Gasteiger partial charge on any atom is -0.482 e. The number of carbonyl (C=O) groups excluding carboxylic acids is 1. The summed E-state index contributed by atoms with van der Waals surface area (Å²) in [7, 11) is 0. The number of hydrogen-bond acceptors (Lipinski definition) is 6. The van der Waals surface area contributed by atoms with Gasteiger partial charge < -0.3 is 14.2 Å². The maximum atomic E-state index is 13.4. The van der Waals surface area contributed by atoms with E-state index in [1.54, 1.807) is 17.3 Å². The fourth-order valence-electron chi connectivity index (χ4n) is 3.06. The number of amides is 1. The summed E-state index contributed by atoms with van der Waals surface area (Å²) in [6.07, 6.45) is 4.98. The average Bonchev–Trinajstić information content (AvgIpc) is 2.95. The van der Waals surface area contributed by atoms with Crippen LogP contribution in [0.25, 0.3) is 0 Å². The first-order valence-electron chi connectivity index (χ1n) is 8.64. The molecule has 1 amide bonds. The Bertz CT molecular complexity index is 975. The van der Waals surface area contributed by atoms with Crippen molar-refractivity contribution in [1.82, 2.24) is 29.6 Å². The van der Waals surface area contributed by atoms with E-state index < -0.39 is 17.5 Å². The van der Waals surface area contributed by atoms with E-state index in [9.17, 15) is 13.6 Å². The van der Waals surface area contributed by atoms with Gasteiger partial charge in [-0.15, -0.1) is 10.2 Å². The quantitative estimate of drug-likeness (QED) is 0.677. The summed E-state index contributed by atoms with van der Waals surface area (Å²) in [5, 5.41) is 8.32. The highest BCUT2D eigenvalue weighted by Gasteiger charge is 2.23. The number of benzene rings is 1. The summed E-state index contributed by atoms with van der Waals surface area (Å²) in [4.78, 5) is 22.0. The van der Waals surface area contributed by atoms with E-state index in [0.29, 0.717) is 37.6 Å². The van der Waals surface area contributed by atoms with Gasteiger partial charge in [-0.1, -0.05) is 0 Å². The molecule has 2 aromatic heterocycles. The predicted octanol–water partition coefficient (Wildman–Crippen LogP) is 1.62. The van der Waals surface area contributed by atoms with Gasteiger partial charge in [-0.3, -0.25) is 4.79 Å². The van der Waals surface area contributed by atoms with Gasteiger partial charge in [-0.25, -0.2) is 18.7 Å².